The third kappa shape index (κ3) is 5.88. The third-order valence-corrected chi connectivity index (χ3v) is 3.58. The van der Waals surface area contributed by atoms with Crippen LogP contribution in [0.4, 0.5) is 10.5 Å². The van der Waals surface area contributed by atoms with Gasteiger partial charge in [0, 0.05) is 25.3 Å². The van der Waals surface area contributed by atoms with Crippen LogP contribution in [0.2, 0.25) is 0 Å². The Hall–Kier alpha value is -2.12. The summed E-state index contributed by atoms with van der Waals surface area (Å²) in [4.78, 5) is 25.6. The molecule has 0 aromatic heterocycles. The van der Waals surface area contributed by atoms with Crippen molar-refractivity contribution >= 4 is 17.7 Å². The number of rotatable bonds is 6. The molecule has 23 heavy (non-hydrogen) atoms. The normalized spacial score (nSPS) is 15.0. The summed E-state index contributed by atoms with van der Waals surface area (Å²) in [6.07, 6.45) is 0.885. The summed E-state index contributed by atoms with van der Waals surface area (Å²) in [6, 6.07) is 6.35. The minimum atomic E-state index is -0.431. The lowest BCUT2D eigenvalue weighted by Gasteiger charge is -2.26. The standard InChI is InChI=1S/C16H23N3O4/c1-22-15(20)13-4-2-5-14(12-13)18-16(21)17-6-3-7-19-8-10-23-11-9-19/h2,4-5,12H,3,6-11H2,1H3,(H2,17,18,21). The molecule has 0 radical (unpaired) electrons. The molecule has 7 heteroatoms. The SMILES string of the molecule is COC(=O)c1cccc(NC(=O)NCCCN2CCOCC2)c1. The zero-order valence-electron chi connectivity index (χ0n) is 13.3. The molecule has 7 nitrogen and oxygen atoms in total. The molecule has 1 saturated heterocycles. The third-order valence-electron chi connectivity index (χ3n) is 3.58. The topological polar surface area (TPSA) is 79.9 Å². The summed E-state index contributed by atoms with van der Waals surface area (Å²) < 4.78 is 9.94. The number of hydrogen-bond donors (Lipinski definition) is 2. The molecule has 126 valence electrons. The zero-order valence-corrected chi connectivity index (χ0v) is 13.3. The first-order valence-corrected chi connectivity index (χ1v) is 7.72. The monoisotopic (exact) mass is 321 g/mol. The van der Waals surface area contributed by atoms with Gasteiger partial charge in [0.1, 0.15) is 0 Å². The van der Waals surface area contributed by atoms with Gasteiger partial charge in [-0.25, -0.2) is 9.59 Å². The Kier molecular flexibility index (Phi) is 6.83. The first kappa shape index (κ1) is 17.2. The van der Waals surface area contributed by atoms with Crippen molar-refractivity contribution in [1.82, 2.24) is 10.2 Å². The lowest BCUT2D eigenvalue weighted by Crippen LogP contribution is -2.38. The quantitative estimate of drug-likeness (QED) is 0.610. The molecule has 0 spiro atoms. The van der Waals surface area contributed by atoms with Crippen molar-refractivity contribution in [3.05, 3.63) is 29.8 Å². The number of methoxy groups -OCH3 is 1. The molecule has 0 saturated carbocycles. The second kappa shape index (κ2) is 9.12. The highest BCUT2D eigenvalue weighted by atomic mass is 16.5. The lowest BCUT2D eigenvalue weighted by molar-refractivity contribution is 0.0375. The maximum absolute atomic E-state index is 11.8. The maximum Gasteiger partial charge on any atom is 0.337 e. The van der Waals surface area contributed by atoms with Crippen molar-refractivity contribution in [2.45, 2.75) is 6.42 Å². The average molecular weight is 321 g/mol. The molecular weight excluding hydrogens is 298 g/mol. The van der Waals surface area contributed by atoms with E-state index in [1.54, 1.807) is 24.3 Å². The van der Waals surface area contributed by atoms with E-state index in [0.717, 1.165) is 39.3 Å². The van der Waals surface area contributed by atoms with Crippen molar-refractivity contribution in [3.63, 3.8) is 0 Å². The Bertz CT molecular complexity index is 530. The fourth-order valence-corrected chi connectivity index (χ4v) is 2.35. The van der Waals surface area contributed by atoms with E-state index in [1.807, 2.05) is 0 Å². The van der Waals surface area contributed by atoms with Crippen LogP contribution in [0, 0.1) is 0 Å². The van der Waals surface area contributed by atoms with Crippen molar-refractivity contribution < 1.29 is 19.1 Å². The van der Waals surface area contributed by atoms with Crippen LogP contribution in [0.25, 0.3) is 0 Å². The summed E-state index contributed by atoms with van der Waals surface area (Å²) in [6.45, 7) is 5.01. The van der Waals surface area contributed by atoms with Crippen molar-refractivity contribution in [3.8, 4) is 0 Å². The molecule has 1 fully saturated rings. The largest absolute Gasteiger partial charge is 0.465 e. The van der Waals surface area contributed by atoms with E-state index < -0.39 is 5.97 Å². The number of carbonyl (C=O) groups excluding carboxylic acids is 2. The van der Waals surface area contributed by atoms with Gasteiger partial charge in [-0.3, -0.25) is 4.90 Å². The number of ether oxygens (including phenoxy) is 2. The fraction of sp³-hybridized carbons (Fsp3) is 0.500. The van der Waals surface area contributed by atoms with Gasteiger partial charge in [0.05, 0.1) is 25.9 Å². The number of nitrogens with zero attached hydrogens (tertiary/aromatic N) is 1. The number of nitrogens with one attached hydrogen (secondary N) is 2. The van der Waals surface area contributed by atoms with E-state index in [4.69, 9.17) is 4.74 Å². The second-order valence-electron chi connectivity index (χ2n) is 5.26. The first-order valence-electron chi connectivity index (χ1n) is 7.72. The van der Waals surface area contributed by atoms with E-state index in [2.05, 4.69) is 20.3 Å². The summed E-state index contributed by atoms with van der Waals surface area (Å²) in [7, 11) is 1.32. The molecule has 0 bridgehead atoms. The van der Waals surface area contributed by atoms with Crippen LogP contribution in [0.3, 0.4) is 0 Å². The molecule has 0 unspecified atom stereocenters. The van der Waals surface area contributed by atoms with Crippen LogP contribution in [0.15, 0.2) is 24.3 Å². The summed E-state index contributed by atoms with van der Waals surface area (Å²) in [5.41, 5.74) is 0.955. The lowest BCUT2D eigenvalue weighted by atomic mass is 10.2. The van der Waals surface area contributed by atoms with Gasteiger partial charge in [-0.15, -0.1) is 0 Å². The van der Waals surface area contributed by atoms with Crippen LogP contribution >= 0.6 is 0 Å². The predicted octanol–water partition coefficient (Wildman–Crippen LogP) is 1.32. The van der Waals surface area contributed by atoms with Crippen LogP contribution in [-0.4, -0.2) is 63.4 Å². The number of amides is 2. The molecule has 2 amide bonds. The molecule has 0 atom stereocenters. The molecule has 2 N–H and O–H groups in total. The van der Waals surface area contributed by atoms with Crippen LogP contribution < -0.4 is 10.6 Å². The minimum Gasteiger partial charge on any atom is -0.465 e. The second-order valence-corrected chi connectivity index (χ2v) is 5.26. The minimum absolute atomic E-state index is 0.283. The van der Waals surface area contributed by atoms with Crippen LogP contribution in [0.5, 0.6) is 0 Å². The molecule has 2 rings (SSSR count). The summed E-state index contributed by atoms with van der Waals surface area (Å²) in [5.74, 6) is -0.431. The van der Waals surface area contributed by atoms with Crippen LogP contribution in [0.1, 0.15) is 16.8 Å². The van der Waals surface area contributed by atoms with E-state index in [0.29, 0.717) is 17.8 Å². The highest BCUT2D eigenvalue weighted by molar-refractivity contribution is 5.93. The van der Waals surface area contributed by atoms with Gasteiger partial charge in [0.15, 0.2) is 0 Å². The van der Waals surface area contributed by atoms with Gasteiger partial charge in [-0.1, -0.05) is 6.07 Å². The number of carbonyl (C=O) groups is 2. The first-order chi connectivity index (χ1) is 11.2. The Balaban J connectivity index is 1.69. The van der Waals surface area contributed by atoms with Gasteiger partial charge in [0.25, 0.3) is 0 Å². The maximum atomic E-state index is 11.8. The zero-order chi connectivity index (χ0) is 16.5. The predicted molar refractivity (Wildman–Crippen MR) is 86.7 cm³/mol. The Labute approximate surface area is 135 Å². The van der Waals surface area contributed by atoms with Gasteiger partial charge in [-0.05, 0) is 31.2 Å². The molecular formula is C16H23N3O4. The molecule has 1 aliphatic rings. The van der Waals surface area contributed by atoms with E-state index in [1.165, 1.54) is 7.11 Å². The van der Waals surface area contributed by atoms with E-state index >= 15 is 0 Å². The summed E-state index contributed by atoms with van der Waals surface area (Å²) in [5, 5.41) is 5.52. The number of hydrogen-bond acceptors (Lipinski definition) is 5. The number of benzene rings is 1. The van der Waals surface area contributed by atoms with Crippen molar-refractivity contribution in [2.24, 2.45) is 0 Å². The van der Waals surface area contributed by atoms with E-state index in [-0.39, 0.29) is 6.03 Å². The molecule has 1 aromatic rings. The van der Waals surface area contributed by atoms with E-state index in [9.17, 15) is 9.59 Å². The fourth-order valence-electron chi connectivity index (χ4n) is 2.35. The van der Waals surface area contributed by atoms with Crippen molar-refractivity contribution in [2.75, 3.05) is 51.8 Å². The van der Waals surface area contributed by atoms with Gasteiger partial charge in [-0.2, -0.15) is 0 Å². The number of urea groups is 1. The number of morpholine rings is 1. The number of esters is 1. The Morgan fingerprint density at radius 2 is 2.09 bits per heavy atom. The molecule has 1 heterocycles. The number of anilines is 1. The Morgan fingerprint density at radius 3 is 2.83 bits per heavy atom. The van der Waals surface area contributed by atoms with Gasteiger partial charge < -0.3 is 20.1 Å². The molecule has 1 aromatic carbocycles. The Morgan fingerprint density at radius 1 is 1.30 bits per heavy atom. The highest BCUT2D eigenvalue weighted by Crippen LogP contribution is 2.11. The average Bonchev–Trinajstić information content (AvgIpc) is 2.59. The van der Waals surface area contributed by atoms with Gasteiger partial charge >= 0.3 is 12.0 Å². The van der Waals surface area contributed by atoms with Crippen molar-refractivity contribution in [1.29, 1.82) is 0 Å². The van der Waals surface area contributed by atoms with Gasteiger partial charge in [0.2, 0.25) is 0 Å². The summed E-state index contributed by atoms with van der Waals surface area (Å²) >= 11 is 0. The van der Waals surface area contributed by atoms with Crippen LogP contribution in [-0.2, 0) is 9.47 Å². The highest BCUT2D eigenvalue weighted by Gasteiger charge is 2.10. The molecule has 1 aliphatic heterocycles. The molecule has 0 aliphatic carbocycles. The smallest absolute Gasteiger partial charge is 0.337 e.